The summed E-state index contributed by atoms with van der Waals surface area (Å²) in [7, 11) is 1.63. The van der Waals surface area contributed by atoms with Crippen LogP contribution in [0.15, 0.2) is 30.5 Å². The maximum absolute atomic E-state index is 12.6. The van der Waals surface area contributed by atoms with E-state index in [9.17, 15) is 4.79 Å². The molecule has 0 bridgehead atoms. The number of carbonyl (C=O) groups excluding carboxylic acids is 1. The predicted molar refractivity (Wildman–Crippen MR) is 95.8 cm³/mol. The van der Waals surface area contributed by atoms with Gasteiger partial charge >= 0.3 is 0 Å². The summed E-state index contributed by atoms with van der Waals surface area (Å²) in [5, 5.41) is 13.5. The zero-order valence-corrected chi connectivity index (χ0v) is 14.7. The summed E-state index contributed by atoms with van der Waals surface area (Å²) in [5.41, 5.74) is 2.19. The first-order chi connectivity index (χ1) is 11.2. The van der Waals surface area contributed by atoms with Gasteiger partial charge in [-0.15, -0.1) is 12.4 Å². The molecule has 3 N–H and O–H groups in total. The minimum atomic E-state index is -0.0925. The van der Waals surface area contributed by atoms with Crippen molar-refractivity contribution in [1.82, 2.24) is 20.8 Å². The molecule has 0 radical (unpaired) electrons. The van der Waals surface area contributed by atoms with Crippen LogP contribution >= 0.6 is 12.4 Å². The highest BCUT2D eigenvalue weighted by atomic mass is 35.5. The van der Waals surface area contributed by atoms with Crippen molar-refractivity contribution in [3.05, 3.63) is 36.0 Å². The highest BCUT2D eigenvalue weighted by Gasteiger charge is 2.24. The highest BCUT2D eigenvalue weighted by Crippen LogP contribution is 2.24. The van der Waals surface area contributed by atoms with Crippen LogP contribution in [0.3, 0.4) is 0 Å². The van der Waals surface area contributed by atoms with Gasteiger partial charge in [0, 0.05) is 17.6 Å². The van der Waals surface area contributed by atoms with E-state index in [1.54, 1.807) is 13.3 Å². The number of hydrogen-bond donors (Lipinski definition) is 3. The van der Waals surface area contributed by atoms with Crippen LogP contribution in [-0.2, 0) is 0 Å². The van der Waals surface area contributed by atoms with Gasteiger partial charge in [-0.25, -0.2) is 0 Å². The first kappa shape index (κ1) is 18.3. The maximum Gasteiger partial charge on any atom is 0.255 e. The zero-order valence-electron chi connectivity index (χ0n) is 13.8. The van der Waals surface area contributed by atoms with Crippen LogP contribution in [0.1, 0.15) is 30.1 Å². The number of halogens is 1. The van der Waals surface area contributed by atoms with E-state index >= 15 is 0 Å². The van der Waals surface area contributed by atoms with Crippen LogP contribution in [-0.4, -0.2) is 41.8 Å². The average molecular weight is 351 g/mol. The topological polar surface area (TPSA) is 79.0 Å². The molecule has 1 saturated heterocycles. The lowest BCUT2D eigenvalue weighted by molar-refractivity contribution is 0.0920. The van der Waals surface area contributed by atoms with Crippen molar-refractivity contribution in [3.63, 3.8) is 0 Å². The molecular weight excluding hydrogens is 328 g/mol. The van der Waals surface area contributed by atoms with Gasteiger partial charge in [-0.1, -0.05) is 0 Å². The second kappa shape index (κ2) is 8.17. The molecule has 0 saturated carbocycles. The number of ether oxygens (including phenoxy) is 1. The summed E-state index contributed by atoms with van der Waals surface area (Å²) >= 11 is 0. The van der Waals surface area contributed by atoms with Crippen molar-refractivity contribution >= 4 is 18.3 Å². The van der Waals surface area contributed by atoms with E-state index in [1.165, 1.54) is 0 Å². The number of aromatic amines is 1. The summed E-state index contributed by atoms with van der Waals surface area (Å²) in [5.74, 6) is 0.687. The Morgan fingerprint density at radius 2 is 2.08 bits per heavy atom. The van der Waals surface area contributed by atoms with Gasteiger partial charge in [0.05, 0.1) is 24.6 Å². The lowest BCUT2D eigenvalue weighted by atomic mass is 9.99. The van der Waals surface area contributed by atoms with Crippen molar-refractivity contribution in [2.75, 3.05) is 13.7 Å². The van der Waals surface area contributed by atoms with Gasteiger partial charge in [0.2, 0.25) is 0 Å². The number of hydrogen-bond acceptors (Lipinski definition) is 4. The van der Waals surface area contributed by atoms with Crippen molar-refractivity contribution in [1.29, 1.82) is 0 Å². The highest BCUT2D eigenvalue weighted by molar-refractivity contribution is 5.99. The summed E-state index contributed by atoms with van der Waals surface area (Å²) in [6, 6.07) is 7.98. The molecule has 7 heteroatoms. The largest absolute Gasteiger partial charge is 0.497 e. The number of amides is 1. The zero-order chi connectivity index (χ0) is 16.2. The third kappa shape index (κ3) is 3.88. The Morgan fingerprint density at radius 1 is 1.33 bits per heavy atom. The third-order valence-electron chi connectivity index (χ3n) is 4.34. The lowest BCUT2D eigenvalue weighted by Crippen LogP contribution is -2.51. The molecule has 2 aromatic rings. The molecule has 24 heavy (non-hydrogen) atoms. The summed E-state index contributed by atoms with van der Waals surface area (Å²) in [6.07, 6.45) is 3.65. The van der Waals surface area contributed by atoms with Crippen LogP contribution in [0.4, 0.5) is 0 Å². The number of rotatable bonds is 4. The number of nitrogens with zero attached hydrogens (tertiary/aromatic N) is 1. The number of piperidine rings is 1. The van der Waals surface area contributed by atoms with Gasteiger partial charge in [-0.3, -0.25) is 9.89 Å². The summed E-state index contributed by atoms with van der Waals surface area (Å²) < 4.78 is 5.16. The van der Waals surface area contributed by atoms with Crippen molar-refractivity contribution < 1.29 is 9.53 Å². The van der Waals surface area contributed by atoms with Gasteiger partial charge < -0.3 is 15.4 Å². The van der Waals surface area contributed by atoms with E-state index in [1.807, 2.05) is 24.3 Å². The smallest absolute Gasteiger partial charge is 0.255 e. The van der Waals surface area contributed by atoms with Gasteiger partial charge in [0.1, 0.15) is 5.75 Å². The van der Waals surface area contributed by atoms with E-state index < -0.39 is 0 Å². The van der Waals surface area contributed by atoms with Crippen LogP contribution in [0.2, 0.25) is 0 Å². The maximum atomic E-state index is 12.6. The SMILES string of the molecule is COc1ccc(-c2[nH]ncc2C(=O)NC2CCCNC2C)cc1.Cl. The summed E-state index contributed by atoms with van der Waals surface area (Å²) in [6.45, 7) is 3.11. The molecule has 1 aromatic carbocycles. The number of benzene rings is 1. The molecule has 1 aromatic heterocycles. The molecular formula is C17H23ClN4O2. The number of carbonyl (C=O) groups is 1. The fourth-order valence-corrected chi connectivity index (χ4v) is 2.92. The normalized spacial score (nSPS) is 20.1. The Hall–Kier alpha value is -2.05. The molecule has 2 unspecified atom stereocenters. The second-order valence-electron chi connectivity index (χ2n) is 5.85. The van der Waals surface area contributed by atoms with Gasteiger partial charge in [0.15, 0.2) is 0 Å². The van der Waals surface area contributed by atoms with E-state index in [-0.39, 0.29) is 30.4 Å². The van der Waals surface area contributed by atoms with E-state index in [4.69, 9.17) is 4.74 Å². The molecule has 1 aliphatic heterocycles. The van der Waals surface area contributed by atoms with Gasteiger partial charge in [0.25, 0.3) is 5.91 Å². The quantitative estimate of drug-likeness (QED) is 0.791. The predicted octanol–water partition coefficient (Wildman–Crippen LogP) is 2.38. The average Bonchev–Trinajstić information content (AvgIpc) is 3.07. The molecule has 1 fully saturated rings. The Bertz CT molecular complexity index is 671. The fraction of sp³-hybridized carbons (Fsp3) is 0.412. The monoisotopic (exact) mass is 350 g/mol. The number of H-pyrrole nitrogens is 1. The molecule has 3 rings (SSSR count). The second-order valence-corrected chi connectivity index (χ2v) is 5.85. The first-order valence-electron chi connectivity index (χ1n) is 7.91. The van der Waals surface area contributed by atoms with Crippen molar-refractivity contribution in [3.8, 4) is 17.0 Å². The number of aromatic nitrogens is 2. The summed E-state index contributed by atoms with van der Waals surface area (Å²) in [4.78, 5) is 12.6. The van der Waals surface area contributed by atoms with Crippen molar-refractivity contribution in [2.45, 2.75) is 31.8 Å². The molecule has 1 amide bonds. The van der Waals surface area contributed by atoms with E-state index in [0.717, 1.165) is 36.4 Å². The minimum Gasteiger partial charge on any atom is -0.497 e. The van der Waals surface area contributed by atoms with E-state index in [2.05, 4.69) is 27.8 Å². The van der Waals surface area contributed by atoms with Crippen LogP contribution in [0.25, 0.3) is 11.3 Å². The lowest BCUT2D eigenvalue weighted by Gasteiger charge is -2.30. The van der Waals surface area contributed by atoms with Gasteiger partial charge in [-0.2, -0.15) is 5.10 Å². The number of methoxy groups -OCH3 is 1. The van der Waals surface area contributed by atoms with E-state index in [0.29, 0.717) is 5.56 Å². The Morgan fingerprint density at radius 3 is 2.75 bits per heavy atom. The number of nitrogens with one attached hydrogen (secondary N) is 3. The Kier molecular flexibility index (Phi) is 6.23. The first-order valence-corrected chi connectivity index (χ1v) is 7.91. The standard InChI is InChI=1S/C17H22N4O2.ClH/c1-11-15(4-3-9-18-11)20-17(22)14-10-19-21-16(14)12-5-7-13(23-2)8-6-12;/h5-8,10-11,15,18H,3-4,9H2,1-2H3,(H,19,21)(H,20,22);1H. The van der Waals surface area contributed by atoms with Crippen molar-refractivity contribution in [2.24, 2.45) is 0 Å². The Balaban J connectivity index is 0.00000208. The van der Waals surface area contributed by atoms with Gasteiger partial charge in [-0.05, 0) is 50.6 Å². The molecule has 1 aliphatic rings. The molecule has 0 spiro atoms. The van der Waals surface area contributed by atoms with Crippen LogP contribution < -0.4 is 15.4 Å². The molecule has 6 nitrogen and oxygen atoms in total. The Labute approximate surface area is 147 Å². The fourth-order valence-electron chi connectivity index (χ4n) is 2.92. The third-order valence-corrected chi connectivity index (χ3v) is 4.34. The molecule has 0 aliphatic carbocycles. The van der Waals surface area contributed by atoms with Crippen LogP contribution in [0.5, 0.6) is 5.75 Å². The molecule has 2 atom stereocenters. The molecule has 130 valence electrons. The minimum absolute atomic E-state index is 0. The molecule has 2 heterocycles. The van der Waals surface area contributed by atoms with Crippen LogP contribution in [0, 0.1) is 0 Å².